The maximum Gasteiger partial charge on any atom is 0.0491 e. The predicted molar refractivity (Wildman–Crippen MR) is 131 cm³/mol. The van der Waals surface area contributed by atoms with E-state index >= 15 is 0 Å². The molecule has 4 fully saturated rings. The van der Waals surface area contributed by atoms with Crippen LogP contribution in [-0.2, 0) is 4.74 Å². The Balaban J connectivity index is 1.50. The summed E-state index contributed by atoms with van der Waals surface area (Å²) in [7, 11) is 1.84. The molecule has 0 saturated heterocycles. The molecule has 0 heterocycles. The van der Waals surface area contributed by atoms with Gasteiger partial charge in [0.15, 0.2) is 0 Å². The molecule has 0 aromatic carbocycles. The Kier molecular flexibility index (Phi) is 6.65. The Morgan fingerprint density at radius 1 is 0.903 bits per heavy atom. The monoisotopic (exact) mass is 432 g/mol. The van der Waals surface area contributed by atoms with Crippen LogP contribution >= 0.6 is 0 Å². The lowest BCUT2D eigenvalue weighted by Gasteiger charge is -2.68. The number of ether oxygens (including phenoxy) is 1. The van der Waals surface area contributed by atoms with E-state index in [2.05, 4.69) is 27.7 Å². The van der Waals surface area contributed by atoms with Gasteiger partial charge in [-0.3, -0.25) is 0 Å². The summed E-state index contributed by atoms with van der Waals surface area (Å²) in [6.07, 6.45) is 17.0. The molecule has 3 nitrogen and oxygen atoms in total. The van der Waals surface area contributed by atoms with Crippen LogP contribution in [0.3, 0.4) is 0 Å². The molecule has 0 bridgehead atoms. The largest absolute Gasteiger partial charge is 0.384 e. The number of rotatable bonds is 7. The smallest absolute Gasteiger partial charge is 0.0491 e. The minimum Gasteiger partial charge on any atom is -0.384 e. The summed E-state index contributed by atoms with van der Waals surface area (Å²) in [5, 5.41) is 0. The van der Waals surface area contributed by atoms with Gasteiger partial charge in [-0.15, -0.1) is 0 Å². The third-order valence-corrected chi connectivity index (χ3v) is 11.4. The maximum atomic E-state index is 7.56. The number of unbranched alkanes of at least 4 members (excludes halogenated alkanes) is 1. The molecule has 8 atom stereocenters. The summed E-state index contributed by atoms with van der Waals surface area (Å²) >= 11 is 0. The lowest BCUT2D eigenvalue weighted by molar-refractivity contribution is -0.145. The zero-order valence-corrected chi connectivity index (χ0v) is 21.3. The van der Waals surface area contributed by atoms with Crippen LogP contribution in [0.5, 0.6) is 0 Å². The van der Waals surface area contributed by atoms with Crippen LogP contribution in [-0.4, -0.2) is 24.8 Å². The minimum absolute atomic E-state index is 0.00535. The first-order valence-corrected chi connectivity index (χ1v) is 13.7. The van der Waals surface area contributed by atoms with E-state index in [-0.39, 0.29) is 16.5 Å². The van der Waals surface area contributed by atoms with Crippen molar-refractivity contribution in [1.29, 1.82) is 0 Å². The van der Waals surface area contributed by atoms with E-state index in [0.29, 0.717) is 23.2 Å². The molecule has 31 heavy (non-hydrogen) atoms. The van der Waals surface area contributed by atoms with Crippen LogP contribution in [0.2, 0.25) is 0 Å². The van der Waals surface area contributed by atoms with Crippen molar-refractivity contribution in [2.24, 2.45) is 51.9 Å². The van der Waals surface area contributed by atoms with Gasteiger partial charge in [-0.1, -0.05) is 47.0 Å². The molecule has 4 aliphatic carbocycles. The highest BCUT2D eigenvalue weighted by atomic mass is 16.5. The van der Waals surface area contributed by atoms with E-state index in [9.17, 15) is 0 Å². The number of nitrogens with two attached hydrogens (primary N) is 2. The Hall–Kier alpha value is -0.120. The highest BCUT2D eigenvalue weighted by Gasteiger charge is 2.68. The lowest BCUT2D eigenvalue weighted by Crippen LogP contribution is -2.74. The fraction of sp³-hybridized carbons (Fsp3) is 1.00. The molecule has 4 N–H and O–H groups in total. The van der Waals surface area contributed by atoms with Gasteiger partial charge in [0.25, 0.3) is 0 Å². The molecule has 4 aliphatic rings. The number of hydrogen-bond acceptors (Lipinski definition) is 3. The molecule has 0 aromatic heterocycles. The van der Waals surface area contributed by atoms with Gasteiger partial charge in [0, 0.05) is 24.8 Å². The average molecular weight is 433 g/mol. The van der Waals surface area contributed by atoms with Gasteiger partial charge in [-0.25, -0.2) is 0 Å². The van der Waals surface area contributed by atoms with E-state index < -0.39 is 0 Å². The molecular weight excluding hydrogens is 380 g/mol. The number of hydrogen-bond donors (Lipinski definition) is 2. The summed E-state index contributed by atoms with van der Waals surface area (Å²) in [6.45, 7) is 10.7. The van der Waals surface area contributed by atoms with E-state index in [0.717, 1.165) is 37.7 Å². The zero-order chi connectivity index (χ0) is 22.5. The predicted octanol–water partition coefficient (Wildman–Crippen LogP) is 6.29. The highest BCUT2D eigenvalue weighted by molar-refractivity contribution is 5.22. The molecule has 180 valence electrons. The van der Waals surface area contributed by atoms with E-state index in [1.165, 1.54) is 64.2 Å². The fourth-order valence-corrected chi connectivity index (χ4v) is 9.55. The first-order valence-electron chi connectivity index (χ1n) is 13.7. The topological polar surface area (TPSA) is 61.3 Å². The Morgan fingerprint density at radius 3 is 2.39 bits per heavy atom. The second-order valence-corrected chi connectivity index (χ2v) is 13.4. The molecule has 0 aliphatic heterocycles. The van der Waals surface area contributed by atoms with Gasteiger partial charge in [-0.05, 0) is 105 Å². The standard InChI is InChI=1S/C28H52N2O/c1-20(2)8-6-7-9-22-10-11-23-25(22,3)14-13-24-26(4)15-12-21(19-31-5)18-27(26,29)16-17-28(23,24)30/h20-24H,6-19,29-30H2,1-5H3. The highest BCUT2D eigenvalue weighted by Crippen LogP contribution is 2.69. The van der Waals surface area contributed by atoms with Crippen LogP contribution in [0.15, 0.2) is 0 Å². The Morgan fingerprint density at radius 2 is 1.68 bits per heavy atom. The van der Waals surface area contributed by atoms with Crippen molar-refractivity contribution >= 4 is 0 Å². The molecule has 0 spiro atoms. The molecule has 0 aromatic rings. The van der Waals surface area contributed by atoms with Crippen LogP contribution in [0, 0.1) is 40.4 Å². The van der Waals surface area contributed by atoms with Crippen molar-refractivity contribution in [3.05, 3.63) is 0 Å². The lowest BCUT2D eigenvalue weighted by atomic mass is 9.39. The Bertz CT molecular complexity index is 637. The van der Waals surface area contributed by atoms with Gasteiger partial charge in [0.2, 0.25) is 0 Å². The normalized spacial score (nSPS) is 49.5. The summed E-state index contributed by atoms with van der Waals surface area (Å²) in [6, 6.07) is 0. The van der Waals surface area contributed by atoms with Gasteiger partial charge in [-0.2, -0.15) is 0 Å². The molecule has 8 unspecified atom stereocenters. The second-order valence-electron chi connectivity index (χ2n) is 13.4. The Labute approximate surface area is 192 Å². The van der Waals surface area contributed by atoms with Crippen LogP contribution < -0.4 is 11.5 Å². The molecule has 4 saturated carbocycles. The second kappa shape index (κ2) is 8.58. The van der Waals surface area contributed by atoms with Crippen molar-refractivity contribution in [2.45, 2.75) is 122 Å². The van der Waals surface area contributed by atoms with Crippen LogP contribution in [0.25, 0.3) is 0 Å². The third kappa shape index (κ3) is 3.83. The summed E-state index contributed by atoms with van der Waals surface area (Å²) < 4.78 is 5.52. The molecule has 0 radical (unpaired) electrons. The van der Waals surface area contributed by atoms with E-state index in [1.807, 2.05) is 7.11 Å². The molecular formula is C28H52N2O. The minimum atomic E-state index is -0.0510. The van der Waals surface area contributed by atoms with Crippen molar-refractivity contribution in [2.75, 3.05) is 13.7 Å². The van der Waals surface area contributed by atoms with Crippen LogP contribution in [0.1, 0.15) is 111 Å². The third-order valence-electron chi connectivity index (χ3n) is 11.4. The molecule has 4 rings (SSSR count). The van der Waals surface area contributed by atoms with E-state index in [4.69, 9.17) is 16.2 Å². The summed E-state index contributed by atoms with van der Waals surface area (Å²) in [4.78, 5) is 0. The van der Waals surface area contributed by atoms with Crippen molar-refractivity contribution in [3.63, 3.8) is 0 Å². The number of fused-ring (bicyclic) bond motifs is 5. The summed E-state index contributed by atoms with van der Waals surface area (Å²) in [5.74, 6) is 3.66. The van der Waals surface area contributed by atoms with Crippen molar-refractivity contribution < 1.29 is 4.74 Å². The summed E-state index contributed by atoms with van der Waals surface area (Å²) in [5.41, 5.74) is 15.4. The first kappa shape index (κ1) is 24.0. The molecule has 0 amide bonds. The van der Waals surface area contributed by atoms with E-state index in [1.54, 1.807) is 0 Å². The fourth-order valence-electron chi connectivity index (χ4n) is 9.55. The van der Waals surface area contributed by atoms with Gasteiger partial charge in [0.1, 0.15) is 0 Å². The van der Waals surface area contributed by atoms with Crippen molar-refractivity contribution in [3.8, 4) is 0 Å². The van der Waals surface area contributed by atoms with Gasteiger partial charge >= 0.3 is 0 Å². The van der Waals surface area contributed by atoms with Crippen LogP contribution in [0.4, 0.5) is 0 Å². The molecule has 3 heteroatoms. The maximum absolute atomic E-state index is 7.56. The quantitative estimate of drug-likeness (QED) is 0.465. The van der Waals surface area contributed by atoms with Gasteiger partial charge < -0.3 is 16.2 Å². The zero-order valence-electron chi connectivity index (χ0n) is 21.3. The first-order chi connectivity index (χ1) is 14.6. The van der Waals surface area contributed by atoms with Gasteiger partial charge in [0.05, 0.1) is 0 Å². The SMILES string of the molecule is COCC1CCC2(C)C3CCC4(C)C(CCCCC(C)C)CCC4C3(N)CCC2(N)C1. The van der Waals surface area contributed by atoms with Crippen molar-refractivity contribution in [1.82, 2.24) is 0 Å². The average Bonchev–Trinajstić information content (AvgIpc) is 3.04. The number of methoxy groups -OCH3 is 1.